The van der Waals surface area contributed by atoms with Crippen LogP contribution < -0.4 is 339 Å². The number of hydrogen-bond donors (Lipinski definition) is 0. The van der Waals surface area contributed by atoms with Crippen molar-refractivity contribution in [1.82, 2.24) is 0 Å². The van der Waals surface area contributed by atoms with Crippen molar-refractivity contribution >= 4 is 35.8 Å². The molecule has 126 valence electrons. The first-order chi connectivity index (χ1) is 10.4. The van der Waals surface area contributed by atoms with Gasteiger partial charge in [-0.05, 0) is 6.42 Å². The van der Waals surface area contributed by atoms with Gasteiger partial charge in [0.05, 0.1) is 34.7 Å². The Morgan fingerprint density at radius 2 is 0.862 bits per heavy atom. The fourth-order valence-electron chi connectivity index (χ4n) is 2.99. The maximum Gasteiger partial charge on any atom is 1.00 e. The van der Waals surface area contributed by atoms with Crippen LogP contribution in [0.3, 0.4) is 0 Å². The number of carbonyl (C=O) groups is 6. The molecule has 0 aromatic carbocycles. The molecule has 0 heterocycles. The largest absolute Gasteiger partial charge is 1.00 e. The fourth-order valence-corrected chi connectivity index (χ4v) is 2.99. The normalized spacial score (nSPS) is 19.4. The van der Waals surface area contributed by atoms with Crippen LogP contribution in [0.25, 0.3) is 0 Å². The van der Waals surface area contributed by atoms with Crippen LogP contribution in [0.1, 0.15) is 6.42 Å². The average Bonchev–Trinajstić information content (AvgIpc) is 2.72. The van der Waals surface area contributed by atoms with Crippen molar-refractivity contribution in [2.75, 3.05) is 0 Å². The van der Waals surface area contributed by atoms with Gasteiger partial charge in [-0.3, -0.25) is 0 Å². The summed E-state index contributed by atoms with van der Waals surface area (Å²) in [5.41, 5.74) is -8.45. The van der Waals surface area contributed by atoms with Crippen LogP contribution in [-0.4, -0.2) is 35.8 Å². The van der Waals surface area contributed by atoms with Gasteiger partial charge in [-0.25, -0.2) is 0 Å². The molecule has 2 unspecified atom stereocenters. The Morgan fingerprint density at radius 3 is 1.03 bits per heavy atom. The molecule has 29 heavy (non-hydrogen) atoms. The molecule has 12 nitrogen and oxygen atoms in total. The molecule has 0 bridgehead atoms. The molecule has 0 spiro atoms. The van der Waals surface area contributed by atoms with E-state index in [9.17, 15) is 59.4 Å². The van der Waals surface area contributed by atoms with Gasteiger partial charge in [0.25, 0.3) is 0 Å². The van der Waals surface area contributed by atoms with Crippen molar-refractivity contribution in [2.24, 2.45) is 22.7 Å². The molecule has 0 amide bonds. The van der Waals surface area contributed by atoms with E-state index >= 15 is 0 Å². The Labute approximate surface area is 419 Å². The summed E-state index contributed by atoms with van der Waals surface area (Å²) in [7, 11) is 0. The zero-order valence-electron chi connectivity index (χ0n) is 16.8. The third-order valence-corrected chi connectivity index (χ3v) is 3.97. The predicted molar refractivity (Wildman–Crippen MR) is 46.5 cm³/mol. The van der Waals surface area contributed by atoms with E-state index in [2.05, 4.69) is 0 Å². The number of aliphatic carboxylic acids is 6. The van der Waals surface area contributed by atoms with Gasteiger partial charge in [0.1, 0.15) is 0 Å². The molecule has 18 heteroatoms. The third-order valence-electron chi connectivity index (χ3n) is 3.97. The van der Waals surface area contributed by atoms with E-state index in [-0.39, 0.29) is 308 Å². The Hall–Kier alpha value is 6.64. The van der Waals surface area contributed by atoms with Gasteiger partial charge in [0.2, 0.25) is 0 Å². The van der Waals surface area contributed by atoms with Crippen molar-refractivity contribution in [2.45, 2.75) is 6.42 Å². The van der Waals surface area contributed by atoms with Crippen LogP contribution in [0.5, 0.6) is 0 Å². The zero-order chi connectivity index (χ0) is 18.3. The molecular formula is C11H4K6O12. The number of hydrogen-bond acceptors (Lipinski definition) is 12. The second kappa shape index (κ2) is 20.6. The second-order valence-electron chi connectivity index (χ2n) is 4.79. The number of carbonyl (C=O) groups excluding carboxylic acids is 6. The molecule has 0 aromatic heterocycles. The van der Waals surface area contributed by atoms with Gasteiger partial charge in [-0.15, -0.1) is 0 Å². The molecule has 1 rings (SSSR count). The SMILES string of the molecule is O=C([O-])C1CC(C(=O)[O-])(C(=O)[O-])C(C(=O)[O-])(C(=O)[O-])C1C(=O)[O-].[K+].[K+].[K+].[K+].[K+].[K+]. The molecule has 0 N–H and O–H groups in total. The van der Waals surface area contributed by atoms with Crippen LogP contribution in [0, 0.1) is 22.7 Å². The number of rotatable bonds is 6. The van der Waals surface area contributed by atoms with Crippen LogP contribution in [-0.2, 0) is 28.8 Å². The number of carboxylic acids is 6. The quantitative estimate of drug-likeness (QED) is 0.216. The Bertz CT molecular complexity index is 624. The van der Waals surface area contributed by atoms with Crippen molar-refractivity contribution in [3.8, 4) is 0 Å². The van der Waals surface area contributed by atoms with Gasteiger partial charge in [-0.2, -0.15) is 0 Å². The minimum Gasteiger partial charge on any atom is -0.550 e. The molecular weight excluding hydrogens is 559 g/mol. The molecule has 0 aliphatic heterocycles. The summed E-state index contributed by atoms with van der Waals surface area (Å²) >= 11 is 0. The summed E-state index contributed by atoms with van der Waals surface area (Å²) in [6, 6.07) is 0. The van der Waals surface area contributed by atoms with E-state index in [0.29, 0.717) is 0 Å². The second-order valence-corrected chi connectivity index (χ2v) is 4.79. The Kier molecular flexibility index (Phi) is 34.5. The standard InChI is InChI=1S/C11H10O12.6K/c12-4(13)2-1-10(6(16)17,7(18)19)11(8(20)21,9(22)23)3(2)5(14)15;;;;;;/h2-3H,1H2,(H,12,13)(H,14,15)(H,16,17)(H,18,19)(H,20,21)(H,22,23);;;;;;/q;6*+1/p-6. The minimum atomic E-state index is -4.35. The molecule has 1 fully saturated rings. The van der Waals surface area contributed by atoms with Gasteiger partial charge in [-0.1, -0.05) is 0 Å². The van der Waals surface area contributed by atoms with Gasteiger partial charge >= 0.3 is 308 Å². The monoisotopic (exact) mass is 562 g/mol. The minimum absolute atomic E-state index is 0. The topological polar surface area (TPSA) is 241 Å². The summed E-state index contributed by atoms with van der Waals surface area (Å²) < 4.78 is 0. The molecule has 0 saturated heterocycles. The first-order valence-corrected chi connectivity index (χ1v) is 5.66. The smallest absolute Gasteiger partial charge is 0.550 e. The van der Waals surface area contributed by atoms with E-state index in [1.807, 2.05) is 0 Å². The maximum absolute atomic E-state index is 11.3. The molecule has 0 radical (unpaired) electrons. The van der Waals surface area contributed by atoms with E-state index in [1.165, 1.54) is 0 Å². The maximum atomic E-state index is 11.3. The molecule has 1 saturated carbocycles. The third kappa shape index (κ3) is 9.40. The van der Waals surface area contributed by atoms with Crippen LogP contribution in [0.15, 0.2) is 0 Å². The molecule has 0 aromatic rings. The van der Waals surface area contributed by atoms with Crippen molar-refractivity contribution < 1.29 is 368 Å². The summed E-state index contributed by atoms with van der Waals surface area (Å²) in [5, 5.41) is 66.9. The van der Waals surface area contributed by atoms with Crippen LogP contribution >= 0.6 is 0 Å². The number of carboxylic acid groups (broad SMARTS) is 6. The predicted octanol–water partition coefficient (Wildman–Crippen LogP) is -27.9. The van der Waals surface area contributed by atoms with E-state index in [0.717, 1.165) is 0 Å². The van der Waals surface area contributed by atoms with Gasteiger partial charge < -0.3 is 59.4 Å². The van der Waals surface area contributed by atoms with E-state index < -0.39 is 64.9 Å². The summed E-state index contributed by atoms with van der Waals surface area (Å²) in [6.07, 6.45) is -1.82. The first-order valence-electron chi connectivity index (χ1n) is 5.66. The summed E-state index contributed by atoms with van der Waals surface area (Å²) in [5.74, 6) is -22.8. The summed E-state index contributed by atoms with van der Waals surface area (Å²) in [6.45, 7) is 0. The van der Waals surface area contributed by atoms with Crippen molar-refractivity contribution in [3.63, 3.8) is 0 Å². The first kappa shape index (κ1) is 48.7. The fraction of sp³-hybridized carbons (Fsp3) is 0.455. The van der Waals surface area contributed by atoms with Gasteiger partial charge in [0.15, 0.2) is 0 Å². The van der Waals surface area contributed by atoms with Crippen LogP contribution in [0.2, 0.25) is 0 Å². The van der Waals surface area contributed by atoms with Crippen molar-refractivity contribution in [3.05, 3.63) is 0 Å². The molecule has 2 atom stereocenters. The van der Waals surface area contributed by atoms with Gasteiger partial charge in [0, 0.05) is 23.8 Å². The Morgan fingerprint density at radius 1 is 0.552 bits per heavy atom. The average molecular weight is 563 g/mol. The van der Waals surface area contributed by atoms with E-state index in [1.54, 1.807) is 0 Å². The van der Waals surface area contributed by atoms with Crippen molar-refractivity contribution in [1.29, 1.82) is 0 Å². The molecule has 1 aliphatic rings. The summed E-state index contributed by atoms with van der Waals surface area (Å²) in [4.78, 5) is 66.9. The Balaban J connectivity index is -0.000000220. The zero-order valence-corrected chi connectivity index (χ0v) is 35.5. The van der Waals surface area contributed by atoms with Crippen LogP contribution in [0.4, 0.5) is 0 Å². The van der Waals surface area contributed by atoms with E-state index in [4.69, 9.17) is 0 Å². The molecule has 1 aliphatic carbocycles.